The van der Waals surface area contributed by atoms with Crippen molar-refractivity contribution >= 4 is 17.9 Å². The summed E-state index contributed by atoms with van der Waals surface area (Å²) in [4.78, 5) is 37.1. The van der Waals surface area contributed by atoms with Gasteiger partial charge < -0.3 is 28.6 Å². The van der Waals surface area contributed by atoms with Gasteiger partial charge in [0.05, 0.1) is 40.3 Å². The van der Waals surface area contributed by atoms with Crippen molar-refractivity contribution in [2.75, 3.05) is 41.0 Å². The average molecular weight is 936 g/mol. The maximum absolute atomic E-state index is 12.8. The van der Waals surface area contributed by atoms with Crippen LogP contribution in [-0.2, 0) is 28.6 Å². The van der Waals surface area contributed by atoms with Crippen LogP contribution in [0.5, 0.6) is 0 Å². The van der Waals surface area contributed by atoms with Crippen molar-refractivity contribution in [3.8, 4) is 0 Å². The molecule has 0 saturated heterocycles. The van der Waals surface area contributed by atoms with Gasteiger partial charge in [0.2, 0.25) is 0 Å². The minimum absolute atomic E-state index is 0.0313. The molecule has 0 heterocycles. The zero-order chi connectivity index (χ0) is 49.2. The third kappa shape index (κ3) is 47.4. The van der Waals surface area contributed by atoms with Gasteiger partial charge in [0.1, 0.15) is 12.6 Å². The van der Waals surface area contributed by atoms with Gasteiger partial charge in [-0.15, -0.1) is 0 Å². The molecule has 0 amide bonds. The minimum atomic E-state index is -1.13. The number of aliphatic carboxylic acids is 1. The predicted octanol–water partition coefficient (Wildman–Crippen LogP) is 14.7. The number of hydrogen-bond donors (Lipinski definition) is 0. The standard InChI is InChI=1S/C59H101NO7/c1-6-8-10-12-14-16-18-20-22-24-26-28-29-30-32-34-36-38-40-42-44-46-48-50-58(62)67-55(53-65-52-51-56(59(63)64)60(3,4)5)54-66-57(61)49-47-45-43-41-39-37-35-33-31-27-25-23-21-19-17-15-13-11-9-7-2/h8,10,14,16-17,19-23,26,28,30,32,55-56H,6-7,9,11-13,15,18,24-25,27,29,31,33-54H2,1-5H3/b10-8+,16-14+,19-17+,22-20+,23-21+,28-26+,32-30+. The Morgan fingerprint density at radius 1 is 0.478 bits per heavy atom. The van der Waals surface area contributed by atoms with Crippen molar-refractivity contribution in [3.63, 3.8) is 0 Å². The normalized spacial score (nSPS) is 13.5. The van der Waals surface area contributed by atoms with E-state index in [0.717, 1.165) is 83.5 Å². The van der Waals surface area contributed by atoms with E-state index in [9.17, 15) is 19.5 Å². The van der Waals surface area contributed by atoms with Gasteiger partial charge in [-0.25, -0.2) is 0 Å². The number of rotatable bonds is 48. The second-order valence-corrected chi connectivity index (χ2v) is 19.1. The van der Waals surface area contributed by atoms with Gasteiger partial charge in [0.15, 0.2) is 6.10 Å². The lowest BCUT2D eigenvalue weighted by Gasteiger charge is -2.34. The monoisotopic (exact) mass is 936 g/mol. The van der Waals surface area contributed by atoms with Crippen LogP contribution >= 0.6 is 0 Å². The molecule has 0 saturated carbocycles. The maximum atomic E-state index is 12.8. The van der Waals surface area contributed by atoms with Crippen LogP contribution in [0.3, 0.4) is 0 Å². The predicted molar refractivity (Wildman–Crippen MR) is 282 cm³/mol. The molecule has 67 heavy (non-hydrogen) atoms. The minimum Gasteiger partial charge on any atom is -0.544 e. The topological polar surface area (TPSA) is 102 Å². The van der Waals surface area contributed by atoms with E-state index >= 15 is 0 Å². The zero-order valence-corrected chi connectivity index (χ0v) is 43.8. The van der Waals surface area contributed by atoms with Crippen molar-refractivity contribution < 1.29 is 38.2 Å². The molecule has 0 aromatic heterocycles. The molecule has 0 aromatic rings. The van der Waals surface area contributed by atoms with Crippen LogP contribution in [-0.4, -0.2) is 75.5 Å². The van der Waals surface area contributed by atoms with Crippen molar-refractivity contribution in [2.24, 2.45) is 0 Å². The molecule has 8 nitrogen and oxygen atoms in total. The van der Waals surface area contributed by atoms with E-state index in [4.69, 9.17) is 14.2 Å². The number of allylic oxidation sites excluding steroid dienone is 14. The Kier molecular flexibility index (Phi) is 46.4. The van der Waals surface area contributed by atoms with Gasteiger partial charge in [-0.05, 0) is 83.5 Å². The quantitative estimate of drug-likeness (QED) is 0.0197. The Balaban J connectivity index is 4.26. The molecule has 2 atom stereocenters. The number of esters is 2. The molecule has 0 aliphatic heterocycles. The number of carboxylic acid groups (broad SMARTS) is 1. The first kappa shape index (κ1) is 63.5. The molecule has 0 aliphatic carbocycles. The summed E-state index contributed by atoms with van der Waals surface area (Å²) in [6.07, 6.45) is 64.7. The fourth-order valence-electron chi connectivity index (χ4n) is 7.62. The smallest absolute Gasteiger partial charge is 0.306 e. The highest BCUT2D eigenvalue weighted by Gasteiger charge is 2.25. The molecule has 0 radical (unpaired) electrons. The Morgan fingerprint density at radius 3 is 1.33 bits per heavy atom. The van der Waals surface area contributed by atoms with E-state index in [1.165, 1.54) is 103 Å². The molecule has 0 aromatic carbocycles. The fourth-order valence-corrected chi connectivity index (χ4v) is 7.62. The van der Waals surface area contributed by atoms with Crippen molar-refractivity contribution in [1.29, 1.82) is 0 Å². The van der Waals surface area contributed by atoms with E-state index in [-0.39, 0.29) is 42.7 Å². The fraction of sp³-hybridized carbons (Fsp3) is 0.712. The van der Waals surface area contributed by atoms with Crippen molar-refractivity contribution in [3.05, 3.63) is 85.1 Å². The molecule has 0 bridgehead atoms. The second kappa shape index (κ2) is 48.9. The van der Waals surface area contributed by atoms with Crippen LogP contribution in [0, 0.1) is 0 Å². The molecule has 0 fully saturated rings. The summed E-state index contributed by atoms with van der Waals surface area (Å²) >= 11 is 0. The van der Waals surface area contributed by atoms with E-state index < -0.39 is 18.1 Å². The van der Waals surface area contributed by atoms with Crippen LogP contribution in [0.25, 0.3) is 0 Å². The first-order valence-electron chi connectivity index (χ1n) is 27.1. The molecule has 0 N–H and O–H groups in total. The number of quaternary nitrogens is 1. The van der Waals surface area contributed by atoms with Gasteiger partial charge in [-0.1, -0.05) is 202 Å². The number of unbranched alkanes of at least 4 members (excludes halogenated alkanes) is 21. The number of carbonyl (C=O) groups is 3. The summed E-state index contributed by atoms with van der Waals surface area (Å²) in [6.45, 7) is 4.53. The third-order valence-electron chi connectivity index (χ3n) is 11.8. The molecule has 0 spiro atoms. The van der Waals surface area contributed by atoms with Gasteiger partial charge in [0, 0.05) is 19.3 Å². The Hall–Kier alpha value is -3.49. The molecular formula is C59H101NO7. The summed E-state index contributed by atoms with van der Waals surface area (Å²) in [5.74, 6) is -1.76. The summed E-state index contributed by atoms with van der Waals surface area (Å²) < 4.78 is 17.3. The van der Waals surface area contributed by atoms with Crippen LogP contribution in [0.2, 0.25) is 0 Å². The van der Waals surface area contributed by atoms with Crippen LogP contribution in [0.15, 0.2) is 85.1 Å². The molecule has 8 heteroatoms. The highest BCUT2D eigenvalue weighted by molar-refractivity contribution is 5.70. The lowest BCUT2D eigenvalue weighted by atomic mass is 10.1. The summed E-state index contributed by atoms with van der Waals surface area (Å²) in [5, 5.41) is 11.7. The molecule has 2 unspecified atom stereocenters. The second-order valence-electron chi connectivity index (χ2n) is 19.1. The summed E-state index contributed by atoms with van der Waals surface area (Å²) in [5.41, 5.74) is 0. The maximum Gasteiger partial charge on any atom is 0.306 e. The van der Waals surface area contributed by atoms with Gasteiger partial charge >= 0.3 is 11.9 Å². The lowest BCUT2D eigenvalue weighted by molar-refractivity contribution is -0.889. The number of carbonyl (C=O) groups excluding carboxylic acids is 3. The first-order valence-corrected chi connectivity index (χ1v) is 27.1. The third-order valence-corrected chi connectivity index (χ3v) is 11.8. The Morgan fingerprint density at radius 2 is 0.881 bits per heavy atom. The van der Waals surface area contributed by atoms with E-state index in [1.807, 2.05) is 0 Å². The van der Waals surface area contributed by atoms with E-state index in [1.54, 1.807) is 21.1 Å². The van der Waals surface area contributed by atoms with E-state index in [0.29, 0.717) is 12.8 Å². The van der Waals surface area contributed by atoms with Crippen molar-refractivity contribution in [2.45, 2.75) is 231 Å². The highest BCUT2D eigenvalue weighted by atomic mass is 16.6. The molecule has 384 valence electrons. The van der Waals surface area contributed by atoms with Gasteiger partial charge in [-0.2, -0.15) is 0 Å². The van der Waals surface area contributed by atoms with Gasteiger partial charge in [-0.3, -0.25) is 9.59 Å². The molecular weight excluding hydrogens is 835 g/mol. The number of hydrogen-bond acceptors (Lipinski definition) is 7. The number of carboxylic acids is 1. The zero-order valence-electron chi connectivity index (χ0n) is 43.8. The van der Waals surface area contributed by atoms with Gasteiger partial charge in [0.25, 0.3) is 0 Å². The van der Waals surface area contributed by atoms with Crippen LogP contribution in [0.4, 0.5) is 0 Å². The van der Waals surface area contributed by atoms with Crippen LogP contribution in [0.1, 0.15) is 219 Å². The number of ether oxygens (including phenoxy) is 3. The first-order chi connectivity index (χ1) is 32.6. The molecule has 0 aliphatic rings. The Bertz CT molecular complexity index is 1370. The summed E-state index contributed by atoms with van der Waals surface area (Å²) in [7, 11) is 5.41. The lowest BCUT2D eigenvalue weighted by Crippen LogP contribution is -2.55. The average Bonchev–Trinajstić information content (AvgIpc) is 3.29. The number of likely N-dealkylation sites (N-methyl/N-ethyl adjacent to an activating group) is 1. The molecule has 0 rings (SSSR count). The van der Waals surface area contributed by atoms with Crippen LogP contribution < -0.4 is 5.11 Å². The highest BCUT2D eigenvalue weighted by Crippen LogP contribution is 2.15. The SMILES string of the molecule is CC/C=C/C/C=C/C/C=C/C/C=C/C/C=C/CCCCCCCCCC(=O)OC(COCCC(C(=O)[O-])[N+](C)(C)C)COC(=O)CCCCCCCCCCCC/C=C/C=C/CCCCCC. The largest absolute Gasteiger partial charge is 0.544 e. The van der Waals surface area contributed by atoms with E-state index in [2.05, 4.69) is 98.9 Å². The Labute approximate surface area is 412 Å². The summed E-state index contributed by atoms with van der Waals surface area (Å²) in [6, 6.07) is -0.733. The number of nitrogens with zero attached hydrogens (tertiary/aromatic N) is 1. The van der Waals surface area contributed by atoms with Crippen molar-refractivity contribution in [1.82, 2.24) is 0 Å².